The number of anilines is 1. The van der Waals surface area contributed by atoms with E-state index in [0.29, 0.717) is 12.5 Å². The molecule has 18 heavy (non-hydrogen) atoms. The van der Waals surface area contributed by atoms with Crippen LogP contribution in [-0.4, -0.2) is 30.0 Å². The van der Waals surface area contributed by atoms with Gasteiger partial charge in [-0.15, -0.1) is 5.10 Å². The molecule has 96 valence electrons. The van der Waals surface area contributed by atoms with Crippen LogP contribution in [0.1, 0.15) is 13.8 Å². The molecule has 0 saturated carbocycles. The van der Waals surface area contributed by atoms with Crippen LogP contribution in [0.2, 0.25) is 0 Å². The average Bonchev–Trinajstić information content (AvgIpc) is 2.38. The zero-order valence-electron chi connectivity index (χ0n) is 11.1. The van der Waals surface area contributed by atoms with Crippen LogP contribution in [0.5, 0.6) is 0 Å². The summed E-state index contributed by atoms with van der Waals surface area (Å²) >= 11 is 0. The molecule has 4 nitrogen and oxygen atoms in total. The van der Waals surface area contributed by atoms with Crippen LogP contribution in [0.4, 0.5) is 5.82 Å². The predicted octanol–water partition coefficient (Wildman–Crippen LogP) is 2.71. The SMILES string of the molecule is COCC(Nc1nncc2ccccc12)C(C)C. The molecule has 0 radical (unpaired) electrons. The standard InChI is InChI=1S/C14H19N3O/c1-10(2)13(9-18-3)16-14-12-7-5-4-6-11(12)8-15-17-14/h4-8,10,13H,9H2,1-3H3,(H,16,17). The molecule has 0 aliphatic carbocycles. The molecule has 0 bridgehead atoms. The van der Waals surface area contributed by atoms with E-state index >= 15 is 0 Å². The molecule has 0 saturated heterocycles. The lowest BCUT2D eigenvalue weighted by Gasteiger charge is -2.22. The summed E-state index contributed by atoms with van der Waals surface area (Å²) in [7, 11) is 1.71. The summed E-state index contributed by atoms with van der Waals surface area (Å²) in [5.74, 6) is 1.29. The molecular formula is C14H19N3O. The molecule has 1 aromatic carbocycles. The van der Waals surface area contributed by atoms with Crippen molar-refractivity contribution in [2.45, 2.75) is 19.9 Å². The highest BCUT2D eigenvalue weighted by Gasteiger charge is 2.15. The Morgan fingerprint density at radius 1 is 1.28 bits per heavy atom. The van der Waals surface area contributed by atoms with E-state index in [-0.39, 0.29) is 6.04 Å². The van der Waals surface area contributed by atoms with Crippen LogP contribution in [-0.2, 0) is 4.74 Å². The largest absolute Gasteiger partial charge is 0.383 e. The molecule has 2 rings (SSSR count). The van der Waals surface area contributed by atoms with Crippen LogP contribution in [0.25, 0.3) is 10.8 Å². The highest BCUT2D eigenvalue weighted by atomic mass is 16.5. The fourth-order valence-corrected chi connectivity index (χ4v) is 1.89. The minimum atomic E-state index is 0.232. The lowest BCUT2D eigenvalue weighted by Crippen LogP contribution is -2.31. The lowest BCUT2D eigenvalue weighted by molar-refractivity contribution is 0.171. The Morgan fingerprint density at radius 3 is 2.78 bits per heavy atom. The summed E-state index contributed by atoms with van der Waals surface area (Å²) in [4.78, 5) is 0. The van der Waals surface area contributed by atoms with Gasteiger partial charge in [0.05, 0.1) is 18.8 Å². The molecule has 0 amide bonds. The van der Waals surface area contributed by atoms with Gasteiger partial charge in [0, 0.05) is 17.9 Å². The Kier molecular flexibility index (Phi) is 4.10. The third-order valence-electron chi connectivity index (χ3n) is 3.04. The number of rotatable bonds is 5. The summed E-state index contributed by atoms with van der Waals surface area (Å²) in [5.41, 5.74) is 0. The summed E-state index contributed by atoms with van der Waals surface area (Å²) in [6.45, 7) is 4.98. The Morgan fingerprint density at radius 2 is 2.06 bits per heavy atom. The van der Waals surface area contributed by atoms with Gasteiger partial charge in [0.2, 0.25) is 0 Å². The van der Waals surface area contributed by atoms with Crippen LogP contribution in [0, 0.1) is 5.92 Å². The fraction of sp³-hybridized carbons (Fsp3) is 0.429. The van der Waals surface area contributed by atoms with Crippen molar-refractivity contribution in [2.24, 2.45) is 5.92 Å². The molecule has 0 spiro atoms. The molecule has 1 heterocycles. The summed E-state index contributed by atoms with van der Waals surface area (Å²) in [5, 5.41) is 13.8. The third-order valence-corrected chi connectivity index (χ3v) is 3.04. The summed E-state index contributed by atoms with van der Waals surface area (Å²) in [6, 6.07) is 8.33. The van der Waals surface area contributed by atoms with Gasteiger partial charge in [-0.05, 0) is 5.92 Å². The lowest BCUT2D eigenvalue weighted by atomic mass is 10.1. The molecule has 0 aliphatic heterocycles. The predicted molar refractivity (Wildman–Crippen MR) is 73.7 cm³/mol. The van der Waals surface area contributed by atoms with Crippen molar-refractivity contribution >= 4 is 16.6 Å². The minimum Gasteiger partial charge on any atom is -0.383 e. The maximum atomic E-state index is 5.24. The number of benzene rings is 1. The third kappa shape index (κ3) is 2.76. The maximum absolute atomic E-state index is 5.24. The first-order valence-electron chi connectivity index (χ1n) is 6.18. The Bertz CT molecular complexity index is 508. The van der Waals surface area contributed by atoms with E-state index in [9.17, 15) is 0 Å². The minimum absolute atomic E-state index is 0.232. The van der Waals surface area contributed by atoms with Gasteiger partial charge in [0.1, 0.15) is 0 Å². The van der Waals surface area contributed by atoms with Gasteiger partial charge in [-0.3, -0.25) is 0 Å². The molecular weight excluding hydrogens is 226 g/mol. The number of methoxy groups -OCH3 is 1. The van der Waals surface area contributed by atoms with Crippen LogP contribution < -0.4 is 5.32 Å². The van der Waals surface area contributed by atoms with E-state index in [1.165, 1.54) is 0 Å². The van der Waals surface area contributed by atoms with Gasteiger partial charge in [0.25, 0.3) is 0 Å². The van der Waals surface area contributed by atoms with Gasteiger partial charge in [-0.2, -0.15) is 5.10 Å². The van der Waals surface area contributed by atoms with E-state index in [0.717, 1.165) is 16.6 Å². The zero-order valence-corrected chi connectivity index (χ0v) is 11.1. The number of hydrogen-bond donors (Lipinski definition) is 1. The van der Waals surface area contributed by atoms with Crippen molar-refractivity contribution in [3.8, 4) is 0 Å². The van der Waals surface area contributed by atoms with E-state index in [2.05, 4.69) is 35.4 Å². The second-order valence-electron chi connectivity index (χ2n) is 4.73. The van der Waals surface area contributed by atoms with E-state index in [1.54, 1.807) is 13.3 Å². The van der Waals surface area contributed by atoms with Gasteiger partial charge >= 0.3 is 0 Å². The average molecular weight is 245 g/mol. The summed E-state index contributed by atoms with van der Waals surface area (Å²) in [6.07, 6.45) is 1.78. The first-order chi connectivity index (χ1) is 8.72. The van der Waals surface area contributed by atoms with Gasteiger partial charge in [0.15, 0.2) is 5.82 Å². The molecule has 2 aromatic rings. The smallest absolute Gasteiger partial charge is 0.156 e. The molecule has 1 unspecified atom stereocenters. The van der Waals surface area contributed by atoms with Crippen molar-refractivity contribution in [3.63, 3.8) is 0 Å². The monoisotopic (exact) mass is 245 g/mol. The van der Waals surface area contributed by atoms with Gasteiger partial charge in [-0.25, -0.2) is 0 Å². The van der Waals surface area contributed by atoms with Crippen molar-refractivity contribution in [1.82, 2.24) is 10.2 Å². The number of fused-ring (bicyclic) bond motifs is 1. The second kappa shape index (κ2) is 5.78. The van der Waals surface area contributed by atoms with Crippen LogP contribution in [0.3, 0.4) is 0 Å². The first kappa shape index (κ1) is 12.8. The van der Waals surface area contributed by atoms with Gasteiger partial charge in [-0.1, -0.05) is 38.1 Å². The molecule has 1 N–H and O–H groups in total. The van der Waals surface area contributed by atoms with Crippen LogP contribution >= 0.6 is 0 Å². The zero-order chi connectivity index (χ0) is 13.0. The quantitative estimate of drug-likeness (QED) is 0.879. The Hall–Kier alpha value is -1.68. The number of hydrogen-bond acceptors (Lipinski definition) is 4. The van der Waals surface area contributed by atoms with Crippen LogP contribution in [0.15, 0.2) is 30.5 Å². The van der Waals surface area contributed by atoms with E-state index in [4.69, 9.17) is 4.74 Å². The van der Waals surface area contributed by atoms with Crippen molar-refractivity contribution in [1.29, 1.82) is 0 Å². The molecule has 4 heteroatoms. The van der Waals surface area contributed by atoms with Crippen molar-refractivity contribution in [3.05, 3.63) is 30.5 Å². The van der Waals surface area contributed by atoms with Gasteiger partial charge < -0.3 is 10.1 Å². The van der Waals surface area contributed by atoms with Crippen molar-refractivity contribution in [2.75, 3.05) is 19.0 Å². The number of nitrogens with zero attached hydrogens (tertiary/aromatic N) is 2. The number of aromatic nitrogens is 2. The molecule has 0 fully saturated rings. The fourth-order valence-electron chi connectivity index (χ4n) is 1.89. The molecule has 1 atom stereocenters. The highest BCUT2D eigenvalue weighted by molar-refractivity contribution is 5.90. The Labute approximate surface area is 107 Å². The Balaban J connectivity index is 2.30. The number of ether oxygens (including phenoxy) is 1. The van der Waals surface area contributed by atoms with Crippen molar-refractivity contribution < 1.29 is 4.74 Å². The molecule has 0 aliphatic rings. The highest BCUT2D eigenvalue weighted by Crippen LogP contribution is 2.21. The molecule has 1 aromatic heterocycles. The van der Waals surface area contributed by atoms with E-state index in [1.807, 2.05) is 18.2 Å². The maximum Gasteiger partial charge on any atom is 0.156 e. The first-order valence-corrected chi connectivity index (χ1v) is 6.18. The summed E-state index contributed by atoms with van der Waals surface area (Å²) < 4.78 is 5.24. The number of nitrogens with one attached hydrogen (secondary N) is 1. The van der Waals surface area contributed by atoms with E-state index < -0.39 is 0 Å². The topological polar surface area (TPSA) is 47.0 Å². The second-order valence-corrected chi connectivity index (χ2v) is 4.73. The normalized spacial score (nSPS) is 12.9.